The van der Waals surface area contributed by atoms with E-state index in [9.17, 15) is 10.1 Å². The first-order valence-electron chi connectivity index (χ1n) is 5.00. The molecule has 0 aromatic heterocycles. The topological polar surface area (TPSA) is 72.4 Å². The lowest BCUT2D eigenvalue weighted by atomic mass is 10.2. The summed E-state index contributed by atoms with van der Waals surface area (Å²) in [5.41, 5.74) is 6.61. The van der Waals surface area contributed by atoms with E-state index in [0.29, 0.717) is 6.54 Å². The molecule has 1 aromatic carbocycles. The van der Waals surface area contributed by atoms with Gasteiger partial charge in [-0.1, -0.05) is 6.08 Å². The van der Waals surface area contributed by atoms with Gasteiger partial charge in [0.15, 0.2) is 0 Å². The van der Waals surface area contributed by atoms with Crippen LogP contribution in [-0.2, 0) is 0 Å². The maximum atomic E-state index is 10.6. The summed E-state index contributed by atoms with van der Waals surface area (Å²) in [6.07, 6.45) is 1.78. The predicted octanol–water partition coefficient (Wildman–Crippen LogP) is 2.19. The summed E-state index contributed by atoms with van der Waals surface area (Å²) in [6, 6.07) is 4.74. The molecular formula is C11H15N3O2. The Kier molecular flexibility index (Phi) is 3.88. The largest absolute Gasteiger partial charge is 0.393 e. The highest BCUT2D eigenvalue weighted by atomic mass is 16.6. The second-order valence-corrected chi connectivity index (χ2v) is 3.33. The Bertz CT molecular complexity index is 404. The van der Waals surface area contributed by atoms with Crippen LogP contribution in [-0.4, -0.2) is 18.0 Å². The lowest BCUT2D eigenvalue weighted by molar-refractivity contribution is -0.383. The van der Waals surface area contributed by atoms with Crippen molar-refractivity contribution >= 4 is 17.1 Å². The van der Waals surface area contributed by atoms with Crippen LogP contribution in [0.25, 0.3) is 0 Å². The quantitative estimate of drug-likeness (QED) is 0.358. The minimum atomic E-state index is -0.483. The third-order valence-corrected chi connectivity index (χ3v) is 2.30. The second kappa shape index (κ2) is 5.16. The summed E-state index contributed by atoms with van der Waals surface area (Å²) >= 11 is 0. The number of benzene rings is 1. The van der Waals surface area contributed by atoms with E-state index in [1.165, 1.54) is 6.07 Å². The van der Waals surface area contributed by atoms with E-state index in [2.05, 4.69) is 6.58 Å². The molecule has 0 aliphatic carbocycles. The number of hydrogen-bond donors (Lipinski definition) is 1. The first-order valence-corrected chi connectivity index (χ1v) is 5.00. The van der Waals surface area contributed by atoms with Gasteiger partial charge in [0.05, 0.1) is 4.92 Å². The molecule has 0 spiro atoms. The summed E-state index contributed by atoms with van der Waals surface area (Å²) in [5, 5.41) is 10.6. The Labute approximate surface area is 94.3 Å². The number of nitrogens with two attached hydrogens (primary N) is 1. The van der Waals surface area contributed by atoms with Gasteiger partial charge in [0, 0.05) is 24.8 Å². The van der Waals surface area contributed by atoms with Gasteiger partial charge in [-0.15, -0.1) is 6.58 Å². The van der Waals surface area contributed by atoms with E-state index in [-0.39, 0.29) is 11.4 Å². The molecule has 0 bridgehead atoms. The van der Waals surface area contributed by atoms with Gasteiger partial charge in [-0.25, -0.2) is 0 Å². The maximum Gasteiger partial charge on any atom is 0.292 e. The Hall–Kier alpha value is -2.04. The monoisotopic (exact) mass is 221 g/mol. The van der Waals surface area contributed by atoms with E-state index in [1.807, 2.05) is 11.8 Å². The molecule has 0 heterocycles. The lowest BCUT2D eigenvalue weighted by Crippen LogP contribution is -2.22. The Morgan fingerprint density at radius 3 is 2.75 bits per heavy atom. The van der Waals surface area contributed by atoms with Crippen LogP contribution in [0.2, 0.25) is 0 Å². The molecule has 0 aliphatic heterocycles. The number of nitro groups is 1. The fourth-order valence-corrected chi connectivity index (χ4v) is 1.48. The van der Waals surface area contributed by atoms with Crippen LogP contribution in [0.5, 0.6) is 0 Å². The normalized spacial score (nSPS) is 9.81. The molecule has 0 amide bonds. The van der Waals surface area contributed by atoms with E-state index in [0.717, 1.165) is 12.2 Å². The van der Waals surface area contributed by atoms with Crippen molar-refractivity contribution in [1.82, 2.24) is 0 Å². The van der Waals surface area contributed by atoms with Crippen molar-refractivity contribution in [3.05, 3.63) is 41.0 Å². The van der Waals surface area contributed by atoms with Crippen molar-refractivity contribution < 1.29 is 4.92 Å². The van der Waals surface area contributed by atoms with Crippen molar-refractivity contribution in [2.24, 2.45) is 0 Å². The van der Waals surface area contributed by atoms with Gasteiger partial charge in [-0.2, -0.15) is 0 Å². The van der Waals surface area contributed by atoms with Crippen molar-refractivity contribution in [3.63, 3.8) is 0 Å². The fraction of sp³-hybridized carbons (Fsp3) is 0.273. The SMILES string of the molecule is C=CCN(CC)c1ccc([N+](=O)[O-])c(N)c1. The van der Waals surface area contributed by atoms with Crippen LogP contribution < -0.4 is 10.6 Å². The molecule has 86 valence electrons. The predicted molar refractivity (Wildman–Crippen MR) is 65.6 cm³/mol. The Balaban J connectivity index is 3.03. The van der Waals surface area contributed by atoms with Crippen LogP contribution >= 0.6 is 0 Å². The number of nitrogens with zero attached hydrogens (tertiary/aromatic N) is 2. The van der Waals surface area contributed by atoms with Gasteiger partial charge in [0.1, 0.15) is 5.69 Å². The van der Waals surface area contributed by atoms with Crippen LogP contribution in [0, 0.1) is 10.1 Å². The number of nitrogen functional groups attached to an aromatic ring is 1. The zero-order valence-electron chi connectivity index (χ0n) is 9.22. The van der Waals surface area contributed by atoms with Crippen LogP contribution in [0.3, 0.4) is 0 Å². The molecule has 1 rings (SSSR count). The minimum Gasteiger partial charge on any atom is -0.393 e. The maximum absolute atomic E-state index is 10.6. The van der Waals surface area contributed by atoms with E-state index in [4.69, 9.17) is 5.73 Å². The highest BCUT2D eigenvalue weighted by Gasteiger charge is 2.12. The molecule has 0 unspecified atom stereocenters. The van der Waals surface area contributed by atoms with Crippen LogP contribution in [0.1, 0.15) is 6.92 Å². The molecule has 5 heteroatoms. The van der Waals surface area contributed by atoms with Gasteiger partial charge >= 0.3 is 0 Å². The van der Waals surface area contributed by atoms with Gasteiger partial charge < -0.3 is 10.6 Å². The van der Waals surface area contributed by atoms with Crippen molar-refractivity contribution in [2.45, 2.75) is 6.92 Å². The highest BCUT2D eigenvalue weighted by Crippen LogP contribution is 2.26. The summed E-state index contributed by atoms with van der Waals surface area (Å²) in [7, 11) is 0. The molecule has 0 fully saturated rings. The van der Waals surface area contributed by atoms with E-state index in [1.54, 1.807) is 18.2 Å². The number of nitro benzene ring substituents is 1. The molecule has 0 aliphatic rings. The van der Waals surface area contributed by atoms with Gasteiger partial charge in [0.2, 0.25) is 0 Å². The summed E-state index contributed by atoms with van der Waals surface area (Å²) in [6.45, 7) is 7.15. The van der Waals surface area contributed by atoms with Crippen molar-refractivity contribution in [1.29, 1.82) is 0 Å². The smallest absolute Gasteiger partial charge is 0.292 e. The average molecular weight is 221 g/mol. The summed E-state index contributed by atoms with van der Waals surface area (Å²) < 4.78 is 0. The first-order chi connectivity index (χ1) is 7.60. The third-order valence-electron chi connectivity index (χ3n) is 2.30. The first kappa shape index (κ1) is 12.0. The van der Waals surface area contributed by atoms with Crippen molar-refractivity contribution in [2.75, 3.05) is 23.7 Å². The summed E-state index contributed by atoms with van der Waals surface area (Å²) in [4.78, 5) is 12.1. The van der Waals surface area contributed by atoms with Crippen molar-refractivity contribution in [3.8, 4) is 0 Å². The molecule has 0 saturated heterocycles. The molecule has 5 nitrogen and oxygen atoms in total. The number of hydrogen-bond acceptors (Lipinski definition) is 4. The molecule has 1 aromatic rings. The average Bonchev–Trinajstić information content (AvgIpc) is 2.25. The lowest BCUT2D eigenvalue weighted by Gasteiger charge is -2.21. The van der Waals surface area contributed by atoms with Crippen LogP contribution in [0.4, 0.5) is 17.1 Å². The standard InChI is InChI=1S/C11H15N3O2/c1-3-7-13(4-2)9-5-6-11(14(15)16)10(12)8-9/h3,5-6,8H,1,4,7,12H2,2H3. The molecule has 0 radical (unpaired) electrons. The zero-order valence-corrected chi connectivity index (χ0v) is 9.22. The Morgan fingerprint density at radius 1 is 1.62 bits per heavy atom. The molecule has 16 heavy (non-hydrogen) atoms. The molecule has 2 N–H and O–H groups in total. The third kappa shape index (κ3) is 2.50. The molecule has 0 saturated carbocycles. The van der Waals surface area contributed by atoms with Crippen LogP contribution in [0.15, 0.2) is 30.9 Å². The number of rotatable bonds is 5. The van der Waals surface area contributed by atoms with Gasteiger partial charge in [-0.3, -0.25) is 10.1 Å². The van der Waals surface area contributed by atoms with Gasteiger partial charge in [0.25, 0.3) is 5.69 Å². The van der Waals surface area contributed by atoms with E-state index >= 15 is 0 Å². The zero-order chi connectivity index (χ0) is 12.1. The number of likely N-dealkylation sites (N-methyl/N-ethyl adjacent to an activating group) is 1. The second-order valence-electron chi connectivity index (χ2n) is 3.33. The molecular weight excluding hydrogens is 206 g/mol. The van der Waals surface area contributed by atoms with Gasteiger partial charge in [-0.05, 0) is 19.1 Å². The number of anilines is 2. The molecule has 0 atom stereocenters. The summed E-state index contributed by atoms with van der Waals surface area (Å²) in [5.74, 6) is 0. The fourth-order valence-electron chi connectivity index (χ4n) is 1.48. The Morgan fingerprint density at radius 2 is 2.31 bits per heavy atom. The van der Waals surface area contributed by atoms with E-state index < -0.39 is 4.92 Å². The minimum absolute atomic E-state index is 0.0570. The highest BCUT2D eigenvalue weighted by molar-refractivity contribution is 5.66.